The predicted molar refractivity (Wildman–Crippen MR) is 68.8 cm³/mol. The van der Waals surface area contributed by atoms with Gasteiger partial charge < -0.3 is 10.1 Å². The highest BCUT2D eigenvalue weighted by Crippen LogP contribution is 2.18. The van der Waals surface area contributed by atoms with Gasteiger partial charge >= 0.3 is 0 Å². The Morgan fingerprint density at radius 1 is 1.44 bits per heavy atom. The van der Waals surface area contributed by atoms with Crippen molar-refractivity contribution in [3.8, 4) is 0 Å². The van der Waals surface area contributed by atoms with Gasteiger partial charge in [0, 0.05) is 25.2 Å². The molecule has 0 aromatic heterocycles. The maximum Gasteiger partial charge on any atom is 0.0702 e. The molecule has 1 fully saturated rings. The normalized spacial score (nSPS) is 26.6. The van der Waals surface area contributed by atoms with Crippen LogP contribution in [0, 0.1) is 0 Å². The van der Waals surface area contributed by atoms with Gasteiger partial charge in [0.1, 0.15) is 0 Å². The van der Waals surface area contributed by atoms with Gasteiger partial charge in [0.15, 0.2) is 0 Å². The maximum absolute atomic E-state index is 5.75. The first-order valence-electron chi connectivity index (χ1n) is 6.75. The number of hydrogen-bond donors (Lipinski definition) is 1. The maximum atomic E-state index is 5.75. The summed E-state index contributed by atoms with van der Waals surface area (Å²) >= 11 is 0. The van der Waals surface area contributed by atoms with Crippen LogP contribution >= 0.6 is 0 Å². The fraction of sp³-hybridized carbons (Fsp3) is 1.00. The number of ether oxygens (including phenoxy) is 1. The van der Waals surface area contributed by atoms with Crippen LogP contribution in [0.2, 0.25) is 0 Å². The van der Waals surface area contributed by atoms with E-state index in [0.717, 1.165) is 13.2 Å². The Hall–Kier alpha value is -0.120. The molecule has 3 nitrogen and oxygen atoms in total. The fourth-order valence-corrected chi connectivity index (χ4v) is 2.75. The van der Waals surface area contributed by atoms with Crippen molar-refractivity contribution in [2.45, 2.75) is 58.2 Å². The van der Waals surface area contributed by atoms with Gasteiger partial charge in [-0.2, -0.15) is 0 Å². The summed E-state index contributed by atoms with van der Waals surface area (Å²) in [5.41, 5.74) is 0. The van der Waals surface area contributed by atoms with E-state index in [1.807, 2.05) is 0 Å². The Morgan fingerprint density at radius 2 is 2.19 bits per heavy atom. The lowest BCUT2D eigenvalue weighted by Gasteiger charge is -2.39. The first-order chi connectivity index (χ1) is 7.72. The van der Waals surface area contributed by atoms with Crippen molar-refractivity contribution in [2.75, 3.05) is 26.7 Å². The SMILES string of the molecule is CCOC1CCCN(C(C)C(CC)NC)C1. The first-order valence-corrected chi connectivity index (χ1v) is 6.75. The average molecular weight is 228 g/mol. The van der Waals surface area contributed by atoms with E-state index < -0.39 is 0 Å². The number of nitrogens with one attached hydrogen (secondary N) is 1. The molecule has 0 radical (unpaired) electrons. The number of likely N-dealkylation sites (tertiary alicyclic amines) is 1. The largest absolute Gasteiger partial charge is 0.377 e. The topological polar surface area (TPSA) is 24.5 Å². The molecule has 0 amide bonds. The summed E-state index contributed by atoms with van der Waals surface area (Å²) in [7, 11) is 2.06. The lowest BCUT2D eigenvalue weighted by Crippen LogP contribution is -2.52. The highest BCUT2D eigenvalue weighted by molar-refractivity contribution is 4.83. The van der Waals surface area contributed by atoms with Crippen molar-refractivity contribution in [1.29, 1.82) is 0 Å². The molecule has 1 heterocycles. The van der Waals surface area contributed by atoms with Crippen LogP contribution in [0.5, 0.6) is 0 Å². The molecule has 16 heavy (non-hydrogen) atoms. The van der Waals surface area contributed by atoms with E-state index >= 15 is 0 Å². The Balaban J connectivity index is 2.45. The Kier molecular flexibility index (Phi) is 6.32. The van der Waals surface area contributed by atoms with Gasteiger partial charge in [0.2, 0.25) is 0 Å². The second-order valence-corrected chi connectivity index (χ2v) is 4.76. The monoisotopic (exact) mass is 228 g/mol. The Morgan fingerprint density at radius 3 is 2.75 bits per heavy atom. The number of piperidine rings is 1. The summed E-state index contributed by atoms with van der Waals surface area (Å²) in [5.74, 6) is 0. The molecule has 0 bridgehead atoms. The summed E-state index contributed by atoms with van der Waals surface area (Å²) in [6.45, 7) is 9.84. The molecule has 1 aliphatic rings. The highest BCUT2D eigenvalue weighted by Gasteiger charge is 2.26. The van der Waals surface area contributed by atoms with Gasteiger partial charge in [-0.3, -0.25) is 4.90 Å². The molecule has 3 unspecified atom stereocenters. The van der Waals surface area contributed by atoms with Crippen molar-refractivity contribution in [1.82, 2.24) is 10.2 Å². The fourth-order valence-electron chi connectivity index (χ4n) is 2.75. The van der Waals surface area contributed by atoms with Crippen molar-refractivity contribution < 1.29 is 4.74 Å². The van der Waals surface area contributed by atoms with Gasteiger partial charge in [0.25, 0.3) is 0 Å². The smallest absolute Gasteiger partial charge is 0.0702 e. The van der Waals surface area contributed by atoms with Crippen molar-refractivity contribution in [2.24, 2.45) is 0 Å². The number of hydrogen-bond acceptors (Lipinski definition) is 3. The Bertz CT molecular complexity index is 181. The van der Waals surface area contributed by atoms with Gasteiger partial charge in [0.05, 0.1) is 6.10 Å². The Labute approximate surface area is 101 Å². The molecule has 0 aromatic rings. The summed E-state index contributed by atoms with van der Waals surface area (Å²) in [6, 6.07) is 1.21. The van der Waals surface area contributed by atoms with Gasteiger partial charge in [-0.05, 0) is 46.7 Å². The van der Waals surface area contributed by atoms with Crippen molar-refractivity contribution in [3.05, 3.63) is 0 Å². The van der Waals surface area contributed by atoms with Crippen LogP contribution in [-0.4, -0.2) is 49.8 Å². The third kappa shape index (κ3) is 3.72. The summed E-state index contributed by atoms with van der Waals surface area (Å²) in [4.78, 5) is 2.58. The molecule has 0 spiro atoms. The van der Waals surface area contributed by atoms with Gasteiger partial charge in [-0.15, -0.1) is 0 Å². The molecule has 1 rings (SSSR count). The van der Waals surface area contributed by atoms with Gasteiger partial charge in [-0.25, -0.2) is 0 Å². The van der Waals surface area contributed by atoms with Crippen molar-refractivity contribution >= 4 is 0 Å². The average Bonchev–Trinajstić information content (AvgIpc) is 2.31. The predicted octanol–water partition coefficient (Wildman–Crippen LogP) is 1.87. The highest BCUT2D eigenvalue weighted by atomic mass is 16.5. The molecule has 3 atom stereocenters. The molecule has 1 aliphatic heterocycles. The van der Waals surface area contributed by atoms with Crippen LogP contribution in [0.25, 0.3) is 0 Å². The van der Waals surface area contributed by atoms with Crippen LogP contribution in [0.1, 0.15) is 40.0 Å². The summed E-state index contributed by atoms with van der Waals surface area (Å²) in [5, 5.41) is 3.41. The molecule has 0 aliphatic carbocycles. The van der Waals surface area contributed by atoms with E-state index in [4.69, 9.17) is 4.74 Å². The zero-order valence-electron chi connectivity index (χ0n) is 11.3. The number of likely N-dealkylation sites (N-methyl/N-ethyl adjacent to an activating group) is 1. The van der Waals surface area contributed by atoms with Crippen molar-refractivity contribution in [3.63, 3.8) is 0 Å². The second-order valence-electron chi connectivity index (χ2n) is 4.76. The van der Waals surface area contributed by atoms with E-state index in [0.29, 0.717) is 18.2 Å². The molecule has 96 valence electrons. The molecule has 0 saturated carbocycles. The van der Waals surface area contributed by atoms with Crippen LogP contribution in [-0.2, 0) is 4.74 Å². The molecular weight excluding hydrogens is 200 g/mol. The van der Waals surface area contributed by atoms with Crippen LogP contribution in [0.15, 0.2) is 0 Å². The third-order valence-corrected chi connectivity index (χ3v) is 3.78. The molecule has 1 N–H and O–H groups in total. The van der Waals surface area contributed by atoms with Crippen LogP contribution < -0.4 is 5.32 Å². The minimum absolute atomic E-state index is 0.454. The summed E-state index contributed by atoms with van der Waals surface area (Å²) < 4.78 is 5.75. The molecular formula is C13H28N2O. The van der Waals surface area contributed by atoms with Crippen LogP contribution in [0.4, 0.5) is 0 Å². The quantitative estimate of drug-likeness (QED) is 0.751. The molecule has 0 aromatic carbocycles. The van der Waals surface area contributed by atoms with E-state index in [2.05, 4.69) is 38.0 Å². The van der Waals surface area contributed by atoms with E-state index in [1.54, 1.807) is 0 Å². The first kappa shape index (κ1) is 13.9. The molecule has 3 heteroatoms. The summed E-state index contributed by atoms with van der Waals surface area (Å²) in [6.07, 6.45) is 4.14. The van der Waals surface area contributed by atoms with E-state index in [1.165, 1.54) is 25.8 Å². The third-order valence-electron chi connectivity index (χ3n) is 3.78. The number of nitrogens with zero attached hydrogens (tertiary/aromatic N) is 1. The minimum atomic E-state index is 0.454. The minimum Gasteiger partial charge on any atom is -0.377 e. The standard InChI is InChI=1S/C13H28N2O/c1-5-13(14-4)11(3)15-9-7-8-12(10-15)16-6-2/h11-14H,5-10H2,1-4H3. The van der Waals surface area contributed by atoms with Crippen LogP contribution in [0.3, 0.4) is 0 Å². The van der Waals surface area contributed by atoms with Gasteiger partial charge in [-0.1, -0.05) is 6.92 Å². The van der Waals surface area contributed by atoms with E-state index in [9.17, 15) is 0 Å². The number of rotatable bonds is 6. The lowest BCUT2D eigenvalue weighted by molar-refractivity contribution is -0.00979. The zero-order chi connectivity index (χ0) is 12.0. The molecule has 1 saturated heterocycles. The van der Waals surface area contributed by atoms with E-state index in [-0.39, 0.29) is 0 Å². The second kappa shape index (κ2) is 7.25. The zero-order valence-corrected chi connectivity index (χ0v) is 11.3. The lowest BCUT2D eigenvalue weighted by atomic mass is 10.0.